The number of nitrogens with zero attached hydrogens (tertiary/aromatic N) is 3. The highest BCUT2D eigenvalue weighted by molar-refractivity contribution is 7.92. The van der Waals surface area contributed by atoms with E-state index in [0.717, 1.165) is 23.3 Å². The third-order valence-corrected chi connectivity index (χ3v) is 4.13. The van der Waals surface area contributed by atoms with Gasteiger partial charge in [-0.25, -0.2) is 18.4 Å². The minimum absolute atomic E-state index is 0.0113. The zero-order valence-electron chi connectivity index (χ0n) is 9.91. The second kappa shape index (κ2) is 4.73. The van der Waals surface area contributed by atoms with E-state index < -0.39 is 10.0 Å². The van der Waals surface area contributed by atoms with Gasteiger partial charge in [-0.05, 0) is 29.8 Å². The first-order valence-electron chi connectivity index (χ1n) is 5.48. The van der Waals surface area contributed by atoms with E-state index >= 15 is 0 Å². The van der Waals surface area contributed by atoms with E-state index in [0.29, 0.717) is 5.69 Å². The van der Waals surface area contributed by atoms with Crippen molar-refractivity contribution in [3.8, 4) is 0 Å². The molecule has 0 fully saturated rings. The molecule has 2 aromatic heterocycles. The molecule has 3 aromatic rings. The lowest BCUT2D eigenvalue weighted by Gasteiger charge is -2.07. The molecule has 0 aliphatic rings. The number of hydrogen-bond acceptors (Lipinski definition) is 5. The molecule has 0 amide bonds. The SMILES string of the molecule is O=S(=O)(Nc1ccc2cn[nH]c2c1)c1cnc(Cl)nc1. The van der Waals surface area contributed by atoms with Crippen LogP contribution < -0.4 is 4.72 Å². The topological polar surface area (TPSA) is 101 Å². The van der Waals surface area contributed by atoms with Crippen LogP contribution in [0.1, 0.15) is 0 Å². The van der Waals surface area contributed by atoms with E-state index in [-0.39, 0.29) is 10.2 Å². The van der Waals surface area contributed by atoms with Gasteiger partial charge in [-0.3, -0.25) is 9.82 Å². The molecule has 102 valence electrons. The number of rotatable bonds is 3. The Hall–Kier alpha value is -2.19. The van der Waals surface area contributed by atoms with E-state index in [1.165, 1.54) is 0 Å². The molecule has 0 saturated carbocycles. The number of halogens is 1. The zero-order chi connectivity index (χ0) is 14.2. The van der Waals surface area contributed by atoms with E-state index in [1.54, 1.807) is 24.4 Å². The van der Waals surface area contributed by atoms with Gasteiger partial charge in [0.25, 0.3) is 10.0 Å². The van der Waals surface area contributed by atoms with Gasteiger partial charge < -0.3 is 0 Å². The van der Waals surface area contributed by atoms with Gasteiger partial charge in [-0.2, -0.15) is 5.10 Å². The maximum Gasteiger partial charge on any atom is 0.264 e. The van der Waals surface area contributed by atoms with E-state index in [9.17, 15) is 8.42 Å². The van der Waals surface area contributed by atoms with Crippen molar-refractivity contribution in [3.05, 3.63) is 42.1 Å². The average molecular weight is 310 g/mol. The Balaban J connectivity index is 1.94. The Morgan fingerprint density at radius 2 is 1.90 bits per heavy atom. The summed E-state index contributed by atoms with van der Waals surface area (Å²) in [6.45, 7) is 0. The summed E-state index contributed by atoms with van der Waals surface area (Å²) in [5, 5.41) is 7.52. The summed E-state index contributed by atoms with van der Waals surface area (Å²) >= 11 is 5.53. The van der Waals surface area contributed by atoms with Crippen molar-refractivity contribution in [2.24, 2.45) is 0 Å². The Kier molecular flexibility index (Phi) is 3.03. The first-order chi connectivity index (χ1) is 9.54. The van der Waals surface area contributed by atoms with Crippen LogP contribution in [0.4, 0.5) is 5.69 Å². The van der Waals surface area contributed by atoms with Crippen molar-refractivity contribution in [1.29, 1.82) is 0 Å². The van der Waals surface area contributed by atoms with Crippen LogP contribution in [0.15, 0.2) is 41.7 Å². The highest BCUT2D eigenvalue weighted by Gasteiger charge is 2.15. The third kappa shape index (κ3) is 2.43. The molecule has 1 aromatic carbocycles. The first-order valence-corrected chi connectivity index (χ1v) is 7.34. The van der Waals surface area contributed by atoms with Crippen LogP contribution in [0, 0.1) is 0 Å². The third-order valence-electron chi connectivity index (χ3n) is 2.60. The second-order valence-electron chi connectivity index (χ2n) is 3.97. The van der Waals surface area contributed by atoms with Gasteiger partial charge >= 0.3 is 0 Å². The quantitative estimate of drug-likeness (QED) is 0.719. The Morgan fingerprint density at radius 1 is 1.15 bits per heavy atom. The Labute approximate surface area is 119 Å². The first kappa shape index (κ1) is 12.8. The molecule has 3 rings (SSSR count). The molecule has 0 aliphatic heterocycles. The molecule has 0 radical (unpaired) electrons. The van der Waals surface area contributed by atoms with E-state index in [1.807, 2.05) is 0 Å². The smallest absolute Gasteiger partial charge is 0.264 e. The van der Waals surface area contributed by atoms with Gasteiger partial charge in [-0.1, -0.05) is 0 Å². The highest BCUT2D eigenvalue weighted by atomic mass is 35.5. The summed E-state index contributed by atoms with van der Waals surface area (Å²) in [6, 6.07) is 5.05. The monoisotopic (exact) mass is 309 g/mol. The maximum atomic E-state index is 12.1. The fraction of sp³-hybridized carbons (Fsp3) is 0. The highest BCUT2D eigenvalue weighted by Crippen LogP contribution is 2.19. The number of anilines is 1. The van der Waals surface area contributed by atoms with Crippen LogP contribution in [0.5, 0.6) is 0 Å². The molecule has 0 atom stereocenters. The second-order valence-corrected chi connectivity index (χ2v) is 5.99. The van der Waals surface area contributed by atoms with Crippen LogP contribution in [-0.4, -0.2) is 28.6 Å². The van der Waals surface area contributed by atoms with Crippen LogP contribution >= 0.6 is 11.6 Å². The molecule has 0 bridgehead atoms. The van der Waals surface area contributed by atoms with Crippen LogP contribution in [0.3, 0.4) is 0 Å². The summed E-state index contributed by atoms with van der Waals surface area (Å²) in [4.78, 5) is 7.23. The number of benzene rings is 1. The number of nitrogens with one attached hydrogen (secondary N) is 2. The van der Waals surface area contributed by atoms with Crippen LogP contribution in [0.2, 0.25) is 5.28 Å². The molecule has 20 heavy (non-hydrogen) atoms. The lowest BCUT2D eigenvalue weighted by molar-refractivity contribution is 0.600. The normalized spacial score (nSPS) is 11.7. The van der Waals surface area contributed by atoms with Crippen molar-refractivity contribution in [2.75, 3.05) is 4.72 Å². The number of aromatic nitrogens is 4. The van der Waals surface area contributed by atoms with Crippen LogP contribution in [-0.2, 0) is 10.0 Å². The predicted molar refractivity (Wildman–Crippen MR) is 73.9 cm³/mol. The minimum Gasteiger partial charge on any atom is -0.279 e. The maximum absolute atomic E-state index is 12.1. The molecule has 0 unspecified atom stereocenters. The number of H-pyrrole nitrogens is 1. The number of aromatic amines is 1. The van der Waals surface area contributed by atoms with Crippen molar-refractivity contribution >= 4 is 38.2 Å². The van der Waals surface area contributed by atoms with Crippen molar-refractivity contribution < 1.29 is 8.42 Å². The van der Waals surface area contributed by atoms with E-state index in [4.69, 9.17) is 11.6 Å². The standard InChI is InChI=1S/C11H8ClN5O2S/c12-11-13-5-9(6-14-11)20(18,19)17-8-2-1-7-4-15-16-10(7)3-8/h1-6,17H,(H,15,16). The van der Waals surface area contributed by atoms with Gasteiger partial charge in [0.15, 0.2) is 0 Å². The summed E-state index contributed by atoms with van der Waals surface area (Å²) < 4.78 is 26.7. The predicted octanol–water partition coefficient (Wildman–Crippen LogP) is 1.81. The lowest BCUT2D eigenvalue weighted by atomic mass is 10.2. The van der Waals surface area contributed by atoms with Gasteiger partial charge in [0, 0.05) is 5.39 Å². The molecule has 0 spiro atoms. The average Bonchev–Trinajstić information content (AvgIpc) is 2.86. The van der Waals surface area contributed by atoms with Gasteiger partial charge in [-0.15, -0.1) is 0 Å². The molecular weight excluding hydrogens is 302 g/mol. The molecule has 2 heterocycles. The molecule has 2 N–H and O–H groups in total. The Bertz CT molecular complexity index is 860. The summed E-state index contributed by atoms with van der Waals surface area (Å²) in [5.41, 5.74) is 1.15. The number of hydrogen-bond donors (Lipinski definition) is 2. The van der Waals surface area contributed by atoms with Crippen molar-refractivity contribution in [1.82, 2.24) is 20.2 Å². The summed E-state index contributed by atoms with van der Waals surface area (Å²) in [6.07, 6.45) is 3.94. The molecule has 0 aliphatic carbocycles. The molecular formula is C11H8ClN5O2S. The zero-order valence-corrected chi connectivity index (χ0v) is 11.5. The molecule has 7 nitrogen and oxygen atoms in total. The van der Waals surface area contributed by atoms with Crippen molar-refractivity contribution in [2.45, 2.75) is 4.90 Å². The Morgan fingerprint density at radius 3 is 2.65 bits per heavy atom. The summed E-state index contributed by atoms with van der Waals surface area (Å²) in [7, 11) is -3.75. The summed E-state index contributed by atoms with van der Waals surface area (Å²) in [5.74, 6) is 0. The van der Waals surface area contributed by atoms with Gasteiger partial charge in [0.1, 0.15) is 4.90 Å². The van der Waals surface area contributed by atoms with Gasteiger partial charge in [0.2, 0.25) is 5.28 Å². The minimum atomic E-state index is -3.75. The number of sulfonamides is 1. The molecule has 9 heteroatoms. The van der Waals surface area contributed by atoms with Gasteiger partial charge in [0.05, 0.1) is 29.8 Å². The van der Waals surface area contributed by atoms with Crippen LogP contribution in [0.25, 0.3) is 10.9 Å². The van der Waals surface area contributed by atoms with Crippen molar-refractivity contribution in [3.63, 3.8) is 0 Å². The van der Waals surface area contributed by atoms with E-state index in [2.05, 4.69) is 24.9 Å². The molecule has 0 saturated heterocycles. The fourth-order valence-electron chi connectivity index (χ4n) is 1.65. The fourth-order valence-corrected chi connectivity index (χ4v) is 2.69. The number of fused-ring (bicyclic) bond motifs is 1. The largest absolute Gasteiger partial charge is 0.279 e. The lowest BCUT2D eigenvalue weighted by Crippen LogP contribution is -2.13.